The second-order valence-corrected chi connectivity index (χ2v) is 9.59. The third-order valence-corrected chi connectivity index (χ3v) is 6.47. The third kappa shape index (κ3) is 5.97. The number of hydrogen-bond donors (Lipinski definition) is 1. The highest BCUT2D eigenvalue weighted by molar-refractivity contribution is 6.03. The van der Waals surface area contributed by atoms with E-state index in [1.165, 1.54) is 31.3 Å². The summed E-state index contributed by atoms with van der Waals surface area (Å²) >= 11 is 0. The first-order valence-corrected chi connectivity index (χ1v) is 12.1. The van der Waals surface area contributed by atoms with E-state index in [0.29, 0.717) is 17.8 Å². The van der Waals surface area contributed by atoms with Gasteiger partial charge in [0.2, 0.25) is 5.78 Å². The van der Waals surface area contributed by atoms with Crippen molar-refractivity contribution < 1.29 is 102 Å². The van der Waals surface area contributed by atoms with Gasteiger partial charge < -0.3 is 10.1 Å². The van der Waals surface area contributed by atoms with Crippen LogP contribution in [0.25, 0.3) is 0 Å². The van der Waals surface area contributed by atoms with Gasteiger partial charge in [-0.15, -0.1) is 0 Å². The Bertz CT molecular complexity index is 1520. The van der Waals surface area contributed by atoms with Crippen LogP contribution in [0.5, 0.6) is 5.75 Å². The van der Waals surface area contributed by atoms with Crippen LogP contribution in [0.3, 0.4) is 0 Å². The van der Waals surface area contributed by atoms with Crippen molar-refractivity contribution in [3.63, 3.8) is 0 Å². The number of carbonyl (C=O) groups excluding carboxylic acids is 2. The Hall–Kier alpha value is -4.02. The lowest BCUT2D eigenvalue weighted by atomic mass is 9.85. The van der Waals surface area contributed by atoms with Gasteiger partial charge in [0.05, 0.1) is 5.56 Å². The molecule has 0 radical (unpaired) electrons. The Morgan fingerprint density at radius 1 is 0.531 bits per heavy atom. The lowest BCUT2D eigenvalue weighted by Gasteiger charge is -2.44. The third-order valence-electron chi connectivity index (χ3n) is 6.47. The van der Waals surface area contributed by atoms with Gasteiger partial charge in [-0.1, -0.05) is 12.1 Å². The molecule has 276 valence electrons. The fourth-order valence-corrected chi connectivity index (χ4v) is 3.47. The molecule has 2 aromatic rings. The molecule has 0 aliphatic heterocycles. The number of hydrogen-bond acceptors (Lipinski definition) is 4. The summed E-state index contributed by atoms with van der Waals surface area (Å²) in [4.78, 5) is 24.1. The van der Waals surface area contributed by atoms with Crippen molar-refractivity contribution in [2.24, 2.45) is 0 Å². The summed E-state index contributed by atoms with van der Waals surface area (Å²) in [5.41, 5.74) is -2.12. The summed E-state index contributed by atoms with van der Waals surface area (Å²) in [6, 6.07) is 5.62. The highest BCUT2D eigenvalue weighted by atomic mass is 19.4. The number of ketones is 1. The summed E-state index contributed by atoms with van der Waals surface area (Å²) < 4.78 is 278. The predicted octanol–water partition coefficient (Wildman–Crippen LogP) is 9.11. The highest BCUT2D eigenvalue weighted by Crippen LogP contribution is 2.65. The first-order valence-electron chi connectivity index (χ1n) is 12.1. The number of halogens is 20. The van der Waals surface area contributed by atoms with Crippen LogP contribution in [0.2, 0.25) is 0 Å². The van der Waals surface area contributed by atoms with Crippen LogP contribution >= 0.6 is 0 Å². The van der Waals surface area contributed by atoms with Crippen LogP contribution in [0.4, 0.5) is 93.5 Å². The van der Waals surface area contributed by atoms with Crippen LogP contribution in [0, 0.1) is 0 Å². The number of rotatable bonds is 14. The molecule has 0 aliphatic rings. The summed E-state index contributed by atoms with van der Waals surface area (Å²) in [6.45, 7) is 0. The quantitative estimate of drug-likeness (QED) is 0.0906. The van der Waals surface area contributed by atoms with Gasteiger partial charge in [-0.2, -0.15) is 79.0 Å². The van der Waals surface area contributed by atoms with Gasteiger partial charge in [-0.25, -0.2) is 13.6 Å². The molecule has 0 saturated heterocycles. The van der Waals surface area contributed by atoms with Crippen molar-refractivity contribution in [3.8, 4) is 5.75 Å². The van der Waals surface area contributed by atoms with Crippen molar-refractivity contribution in [1.82, 2.24) is 0 Å². The minimum atomic E-state index is -9.19. The molecule has 4 nitrogen and oxygen atoms in total. The van der Waals surface area contributed by atoms with Crippen LogP contribution < -0.4 is 10.1 Å². The predicted molar refractivity (Wildman–Crippen MR) is 122 cm³/mol. The Morgan fingerprint density at radius 3 is 1.24 bits per heavy atom. The Balaban J connectivity index is 2.50. The van der Waals surface area contributed by atoms with Crippen LogP contribution in [0.15, 0.2) is 48.5 Å². The minimum absolute atomic E-state index is 0.0577. The second-order valence-electron chi connectivity index (χ2n) is 9.59. The average molecular weight is 755 g/mol. The zero-order chi connectivity index (χ0) is 38.6. The maximum Gasteiger partial charge on any atom is 0.386 e. The molecule has 2 rings (SSSR count). The normalized spacial score (nSPS) is 14.6. The first kappa shape index (κ1) is 41.2. The van der Waals surface area contributed by atoms with Crippen LogP contribution in [0.1, 0.15) is 20.7 Å². The molecular weight excluding hydrogens is 742 g/mol. The number of nitrogens with one attached hydrogen (secondary N) is 1. The van der Waals surface area contributed by atoms with E-state index in [1.54, 1.807) is 0 Å². The molecule has 0 amide bonds. The molecule has 49 heavy (non-hydrogen) atoms. The van der Waals surface area contributed by atoms with E-state index in [4.69, 9.17) is 4.74 Å². The molecule has 0 spiro atoms. The largest absolute Gasteiger partial charge is 0.423 e. The molecular formula is C25H13F20NO3. The maximum atomic E-state index is 14.4. The molecule has 1 N–H and O–H groups in total. The standard InChI is InChI=1S/C25H13F20NO3/c1-46-12-6-8-13(9-7-12)49-15(48)11-4-2-10(3-5-11)14(47)17(28,29)19(32,33)21(36,37)23(40,41)25(44,45)24(42,43)22(38,39)20(34,35)18(30,31)16(26)27/h2-9,16,46H,1H3. The van der Waals surface area contributed by atoms with E-state index in [9.17, 15) is 97.4 Å². The van der Waals surface area contributed by atoms with Crippen molar-refractivity contribution in [2.75, 3.05) is 12.4 Å². The number of carbonyl (C=O) groups is 2. The zero-order valence-electron chi connectivity index (χ0n) is 23.0. The van der Waals surface area contributed by atoms with Gasteiger partial charge in [0.1, 0.15) is 5.75 Å². The maximum absolute atomic E-state index is 14.4. The molecule has 0 aromatic heterocycles. The van der Waals surface area contributed by atoms with Gasteiger partial charge in [0.15, 0.2) is 0 Å². The molecule has 0 fully saturated rings. The number of ether oxygens (including phenoxy) is 1. The molecule has 0 atom stereocenters. The molecule has 0 aliphatic carbocycles. The highest BCUT2D eigenvalue weighted by Gasteiger charge is 2.97. The molecule has 24 heteroatoms. The SMILES string of the molecule is CNc1ccc(OC(=O)c2ccc(C(=O)C(F)(F)C(F)(F)C(F)(F)C(F)(F)C(F)(F)C(F)(F)C(F)(F)C(F)(F)C(F)(F)C(F)F)cc2)cc1. The van der Waals surface area contributed by atoms with Gasteiger partial charge >= 0.3 is 65.7 Å². The summed E-state index contributed by atoms with van der Waals surface area (Å²) in [5.74, 6) is -82.6. The fraction of sp³-hybridized carbons (Fsp3) is 0.440. The van der Waals surface area contributed by atoms with Crippen LogP contribution in [-0.4, -0.2) is 78.5 Å². The van der Waals surface area contributed by atoms with Crippen molar-refractivity contribution >= 4 is 17.4 Å². The molecule has 0 unspecified atom stereocenters. The Morgan fingerprint density at radius 2 is 0.878 bits per heavy atom. The van der Waals surface area contributed by atoms with Crippen LogP contribution in [-0.2, 0) is 0 Å². The van der Waals surface area contributed by atoms with Gasteiger partial charge in [-0.3, -0.25) is 4.79 Å². The number of anilines is 1. The average Bonchev–Trinajstić information content (AvgIpc) is 3.00. The van der Waals surface area contributed by atoms with Gasteiger partial charge in [-0.05, 0) is 36.4 Å². The molecule has 0 bridgehead atoms. The van der Waals surface area contributed by atoms with E-state index < -0.39 is 82.6 Å². The zero-order valence-corrected chi connectivity index (χ0v) is 23.0. The fourth-order valence-electron chi connectivity index (χ4n) is 3.47. The Labute approximate surface area is 258 Å². The summed E-state index contributed by atoms with van der Waals surface area (Å²) in [7, 11) is 1.50. The van der Waals surface area contributed by atoms with Crippen molar-refractivity contribution in [2.45, 2.75) is 59.7 Å². The number of alkyl halides is 20. The van der Waals surface area contributed by atoms with E-state index in [-0.39, 0.29) is 17.9 Å². The monoisotopic (exact) mass is 755 g/mol. The number of benzene rings is 2. The minimum Gasteiger partial charge on any atom is -0.423 e. The van der Waals surface area contributed by atoms with E-state index in [0.717, 1.165) is 0 Å². The van der Waals surface area contributed by atoms with E-state index in [2.05, 4.69) is 5.32 Å². The number of esters is 1. The molecule has 2 aromatic carbocycles. The summed E-state index contributed by atoms with van der Waals surface area (Å²) in [5, 5.41) is 2.68. The lowest BCUT2D eigenvalue weighted by Crippen LogP contribution is -2.76. The number of Topliss-reactive ketones (excluding diaryl/α,β-unsaturated/α-hetero) is 1. The van der Waals surface area contributed by atoms with Gasteiger partial charge in [0, 0.05) is 18.3 Å². The van der Waals surface area contributed by atoms with Crippen molar-refractivity contribution in [3.05, 3.63) is 59.7 Å². The summed E-state index contributed by atoms with van der Waals surface area (Å²) in [6.07, 6.45) is -6.16. The lowest BCUT2D eigenvalue weighted by molar-refractivity contribution is -0.463. The Kier molecular flexibility index (Phi) is 10.4. The smallest absolute Gasteiger partial charge is 0.386 e. The molecule has 0 heterocycles. The van der Waals surface area contributed by atoms with Gasteiger partial charge in [0.25, 0.3) is 0 Å². The molecule has 0 saturated carbocycles. The van der Waals surface area contributed by atoms with E-state index >= 15 is 0 Å². The first-order chi connectivity index (χ1) is 21.8. The van der Waals surface area contributed by atoms with E-state index in [1.807, 2.05) is 0 Å². The topological polar surface area (TPSA) is 55.4 Å². The second kappa shape index (κ2) is 12.4. The van der Waals surface area contributed by atoms with Crippen molar-refractivity contribution in [1.29, 1.82) is 0 Å².